The summed E-state index contributed by atoms with van der Waals surface area (Å²) in [7, 11) is 0. The molecule has 0 saturated carbocycles. The maximum atomic E-state index is 14.5. The number of morpholine rings is 1. The highest BCUT2D eigenvalue weighted by Crippen LogP contribution is 2.37. The predicted octanol–water partition coefficient (Wildman–Crippen LogP) is 4.10. The average molecular weight is 520 g/mol. The first-order chi connectivity index (χ1) is 18.4. The fourth-order valence-corrected chi connectivity index (χ4v) is 6.47. The number of carbonyl (C=O) groups is 1. The van der Waals surface area contributed by atoms with Crippen LogP contribution in [-0.2, 0) is 4.74 Å². The number of imidazole rings is 1. The van der Waals surface area contributed by atoms with Crippen LogP contribution in [0.1, 0.15) is 54.4 Å². The molecule has 0 bridgehead atoms. The number of ether oxygens (including phenoxy) is 1. The van der Waals surface area contributed by atoms with E-state index in [1.54, 1.807) is 11.0 Å². The Hall–Kier alpha value is -2.81. The molecule has 3 aliphatic rings. The van der Waals surface area contributed by atoms with Crippen LogP contribution in [-0.4, -0.2) is 83.1 Å². The van der Waals surface area contributed by atoms with Crippen molar-refractivity contribution in [2.24, 2.45) is 5.92 Å². The number of halogens is 1. The minimum Gasteiger partial charge on any atom is -0.377 e. The van der Waals surface area contributed by atoms with E-state index in [2.05, 4.69) is 38.8 Å². The van der Waals surface area contributed by atoms with E-state index in [4.69, 9.17) is 4.74 Å². The lowest BCUT2D eigenvalue weighted by atomic mass is 9.84. The SMILES string of the molecule is Cc1ncc2c(-c3ccc(F)cc3C(=O)N3CCOC[C@H]3C)cc(C3CN(C(C)C4CCNCC4)C3)cn12. The van der Waals surface area contributed by atoms with Gasteiger partial charge in [-0.25, -0.2) is 9.37 Å². The number of benzene rings is 1. The van der Waals surface area contributed by atoms with Crippen molar-refractivity contribution in [3.8, 4) is 11.1 Å². The summed E-state index contributed by atoms with van der Waals surface area (Å²) in [4.78, 5) is 22.7. The highest BCUT2D eigenvalue weighted by atomic mass is 19.1. The quantitative estimate of drug-likeness (QED) is 0.550. The Labute approximate surface area is 224 Å². The standard InChI is InChI=1S/C30H38FN5O2/c1-19-18-38-11-10-35(19)30(37)28-13-25(31)4-5-26(28)27-12-23(17-36-21(3)33-14-29(27)36)24-15-34(16-24)20(2)22-6-8-32-9-7-22/h4-5,12-14,17,19-20,22,24,32H,6-11,15-16,18H2,1-3H3/t19-,20?/m1/s1. The zero-order chi connectivity index (χ0) is 26.4. The lowest BCUT2D eigenvalue weighted by molar-refractivity contribution is 0.00361. The number of likely N-dealkylation sites (tertiary alicyclic amines) is 1. The van der Waals surface area contributed by atoms with E-state index < -0.39 is 5.82 Å². The van der Waals surface area contributed by atoms with Gasteiger partial charge in [-0.15, -0.1) is 0 Å². The number of aryl methyl sites for hydroxylation is 1. The number of hydrogen-bond acceptors (Lipinski definition) is 5. The molecule has 3 fully saturated rings. The second-order valence-electron chi connectivity index (χ2n) is 11.3. The van der Waals surface area contributed by atoms with Crippen molar-refractivity contribution in [2.45, 2.75) is 51.6 Å². The van der Waals surface area contributed by atoms with Crippen LogP contribution in [0.4, 0.5) is 4.39 Å². The third-order valence-electron chi connectivity index (χ3n) is 9.00. The fourth-order valence-electron chi connectivity index (χ4n) is 6.47. The van der Waals surface area contributed by atoms with E-state index in [0.29, 0.717) is 37.3 Å². The Kier molecular flexibility index (Phi) is 6.97. The molecule has 0 radical (unpaired) electrons. The second-order valence-corrected chi connectivity index (χ2v) is 11.3. The van der Waals surface area contributed by atoms with Crippen LogP contribution < -0.4 is 5.32 Å². The van der Waals surface area contributed by atoms with Crippen LogP contribution in [0.2, 0.25) is 0 Å². The van der Waals surface area contributed by atoms with Gasteiger partial charge in [0.05, 0.1) is 36.5 Å². The van der Waals surface area contributed by atoms with E-state index in [1.807, 2.05) is 20.0 Å². The summed E-state index contributed by atoms with van der Waals surface area (Å²) in [5.74, 6) is 1.51. The van der Waals surface area contributed by atoms with Gasteiger partial charge < -0.3 is 19.4 Å². The number of aromatic nitrogens is 2. The lowest BCUT2D eigenvalue weighted by Crippen LogP contribution is -2.53. The van der Waals surface area contributed by atoms with Crippen LogP contribution in [0.3, 0.4) is 0 Å². The fraction of sp³-hybridized carbons (Fsp3) is 0.533. The molecule has 1 N–H and O–H groups in total. The summed E-state index contributed by atoms with van der Waals surface area (Å²) in [6.07, 6.45) is 6.55. The Morgan fingerprint density at radius 3 is 2.74 bits per heavy atom. The summed E-state index contributed by atoms with van der Waals surface area (Å²) in [6.45, 7) is 12.1. The molecule has 1 amide bonds. The lowest BCUT2D eigenvalue weighted by Gasteiger charge is -2.47. The van der Waals surface area contributed by atoms with Crippen LogP contribution in [0.25, 0.3) is 16.6 Å². The molecular formula is C30H38FN5O2. The first-order valence-corrected chi connectivity index (χ1v) is 14.0. The van der Waals surface area contributed by atoms with Crippen molar-refractivity contribution in [3.63, 3.8) is 0 Å². The summed E-state index contributed by atoms with van der Waals surface area (Å²) in [6, 6.07) is 7.33. The molecule has 2 atom stereocenters. The van der Waals surface area contributed by atoms with Crippen LogP contribution in [0.15, 0.2) is 36.7 Å². The number of carbonyl (C=O) groups excluding carboxylic acids is 1. The molecule has 7 nitrogen and oxygen atoms in total. The summed E-state index contributed by atoms with van der Waals surface area (Å²) in [5.41, 5.74) is 4.25. The third-order valence-corrected chi connectivity index (χ3v) is 9.00. The smallest absolute Gasteiger partial charge is 0.254 e. The Balaban J connectivity index is 1.34. The first-order valence-electron chi connectivity index (χ1n) is 14.0. The molecule has 5 heterocycles. The number of nitrogens with one attached hydrogen (secondary N) is 1. The minimum atomic E-state index is -0.406. The van der Waals surface area contributed by atoms with Crippen LogP contribution in [0, 0.1) is 18.7 Å². The third kappa shape index (κ3) is 4.63. The van der Waals surface area contributed by atoms with Gasteiger partial charge in [-0.3, -0.25) is 9.69 Å². The zero-order valence-electron chi connectivity index (χ0n) is 22.6. The van der Waals surface area contributed by atoms with Crippen molar-refractivity contribution in [2.75, 3.05) is 45.9 Å². The van der Waals surface area contributed by atoms with Crippen molar-refractivity contribution in [1.82, 2.24) is 24.5 Å². The highest BCUT2D eigenvalue weighted by molar-refractivity contribution is 6.03. The number of piperidine rings is 1. The number of amides is 1. The molecule has 0 spiro atoms. The number of fused-ring (bicyclic) bond motifs is 1. The maximum absolute atomic E-state index is 14.5. The van der Waals surface area contributed by atoms with Crippen molar-refractivity contribution < 1.29 is 13.9 Å². The van der Waals surface area contributed by atoms with Crippen LogP contribution in [0.5, 0.6) is 0 Å². The Bertz CT molecular complexity index is 1330. The number of nitrogens with zero attached hydrogens (tertiary/aromatic N) is 4. The van der Waals surface area contributed by atoms with Gasteiger partial charge in [-0.1, -0.05) is 6.07 Å². The van der Waals surface area contributed by atoms with E-state index >= 15 is 0 Å². The first kappa shape index (κ1) is 25.5. The normalized spacial score (nSPS) is 22.5. The van der Waals surface area contributed by atoms with Crippen LogP contribution >= 0.6 is 0 Å². The molecule has 38 heavy (non-hydrogen) atoms. The topological polar surface area (TPSA) is 62.1 Å². The van der Waals surface area contributed by atoms with Gasteiger partial charge in [0, 0.05) is 43.4 Å². The number of rotatable bonds is 5. The molecule has 2 aromatic heterocycles. The van der Waals surface area contributed by atoms with Gasteiger partial charge in [0.15, 0.2) is 0 Å². The van der Waals surface area contributed by atoms with Crippen molar-refractivity contribution in [1.29, 1.82) is 0 Å². The van der Waals surface area contributed by atoms with E-state index in [9.17, 15) is 9.18 Å². The van der Waals surface area contributed by atoms with E-state index in [0.717, 1.165) is 54.6 Å². The molecule has 202 valence electrons. The van der Waals surface area contributed by atoms with E-state index in [1.165, 1.54) is 30.5 Å². The molecule has 6 rings (SSSR count). The van der Waals surface area contributed by atoms with Gasteiger partial charge in [-0.05, 0) is 81.9 Å². The minimum absolute atomic E-state index is 0.0566. The molecule has 1 aromatic carbocycles. The zero-order valence-corrected chi connectivity index (χ0v) is 22.6. The molecule has 3 aliphatic heterocycles. The van der Waals surface area contributed by atoms with Gasteiger partial charge in [0.25, 0.3) is 5.91 Å². The van der Waals surface area contributed by atoms with Gasteiger partial charge in [0.1, 0.15) is 11.6 Å². The number of hydrogen-bond donors (Lipinski definition) is 1. The molecule has 8 heteroatoms. The maximum Gasteiger partial charge on any atom is 0.254 e. The second kappa shape index (κ2) is 10.4. The molecule has 0 aliphatic carbocycles. The average Bonchev–Trinajstić information content (AvgIpc) is 3.28. The Morgan fingerprint density at radius 1 is 1.18 bits per heavy atom. The molecule has 3 aromatic rings. The van der Waals surface area contributed by atoms with Gasteiger partial charge >= 0.3 is 0 Å². The monoisotopic (exact) mass is 519 g/mol. The van der Waals surface area contributed by atoms with Crippen molar-refractivity contribution >= 4 is 11.4 Å². The van der Waals surface area contributed by atoms with Gasteiger partial charge in [0.2, 0.25) is 0 Å². The largest absolute Gasteiger partial charge is 0.377 e. The summed E-state index contributed by atoms with van der Waals surface area (Å²) < 4.78 is 22.2. The highest BCUT2D eigenvalue weighted by Gasteiger charge is 2.36. The summed E-state index contributed by atoms with van der Waals surface area (Å²) in [5, 5.41) is 3.48. The Morgan fingerprint density at radius 2 is 1.97 bits per heavy atom. The van der Waals surface area contributed by atoms with Crippen molar-refractivity contribution in [3.05, 3.63) is 59.4 Å². The predicted molar refractivity (Wildman–Crippen MR) is 146 cm³/mol. The van der Waals surface area contributed by atoms with E-state index in [-0.39, 0.29) is 11.9 Å². The number of pyridine rings is 1. The van der Waals surface area contributed by atoms with Gasteiger partial charge in [-0.2, -0.15) is 0 Å². The summed E-state index contributed by atoms with van der Waals surface area (Å²) >= 11 is 0. The molecule has 1 unspecified atom stereocenters. The molecular weight excluding hydrogens is 481 g/mol. The molecule has 3 saturated heterocycles.